The van der Waals surface area contributed by atoms with Crippen LogP contribution in [0.3, 0.4) is 0 Å². The Morgan fingerprint density at radius 1 is 1.31 bits per heavy atom. The molecule has 3 rings (SSSR count). The minimum absolute atomic E-state index is 0.213. The molecule has 0 spiro atoms. The summed E-state index contributed by atoms with van der Waals surface area (Å²) in [6, 6.07) is 15.1. The molecule has 1 atom stereocenters. The fourth-order valence-electron chi connectivity index (χ4n) is 2.79. The highest BCUT2D eigenvalue weighted by molar-refractivity contribution is 8.13. The monoisotopic (exact) mass is 385 g/mol. The lowest BCUT2D eigenvalue weighted by Crippen LogP contribution is -2.28. The van der Waals surface area contributed by atoms with Crippen molar-refractivity contribution in [3.8, 4) is 0 Å². The molecule has 1 aliphatic heterocycles. The number of amides is 1. The van der Waals surface area contributed by atoms with Gasteiger partial charge in [-0.15, -0.1) is 0 Å². The molecule has 1 amide bonds. The van der Waals surface area contributed by atoms with E-state index in [1.54, 1.807) is 23.9 Å². The molecule has 2 aromatic carbocycles. The number of carbonyl (C=O) groups excluding carboxylic acids is 1. The van der Waals surface area contributed by atoms with Crippen LogP contribution in [-0.4, -0.2) is 16.8 Å². The van der Waals surface area contributed by atoms with E-state index < -0.39 is 0 Å². The third-order valence-corrected chi connectivity index (χ3v) is 5.41. The number of rotatable bonds is 4. The Hall–Kier alpha value is -2.24. The number of anilines is 1. The van der Waals surface area contributed by atoms with Gasteiger partial charge in [0.2, 0.25) is 5.91 Å². The number of thioether (sulfide) groups is 1. The van der Waals surface area contributed by atoms with Crippen molar-refractivity contribution < 1.29 is 4.79 Å². The third kappa shape index (κ3) is 4.48. The minimum atomic E-state index is -0.358. The SMILES string of the molecule is CC1(c2cccc(NC(=O)/C=C/c3ccccc3Cl)c2)CCSC(N)=N1. The van der Waals surface area contributed by atoms with E-state index in [4.69, 9.17) is 17.3 Å². The molecule has 0 saturated heterocycles. The number of halogens is 1. The van der Waals surface area contributed by atoms with E-state index in [9.17, 15) is 4.79 Å². The smallest absolute Gasteiger partial charge is 0.248 e. The van der Waals surface area contributed by atoms with Gasteiger partial charge in [0.05, 0.1) is 5.54 Å². The van der Waals surface area contributed by atoms with Crippen LogP contribution in [-0.2, 0) is 10.3 Å². The Morgan fingerprint density at radius 3 is 2.88 bits per heavy atom. The van der Waals surface area contributed by atoms with Crippen LogP contribution in [0.15, 0.2) is 59.6 Å². The molecule has 0 radical (unpaired) electrons. The fraction of sp³-hybridized carbons (Fsp3) is 0.200. The van der Waals surface area contributed by atoms with Gasteiger partial charge in [-0.2, -0.15) is 0 Å². The van der Waals surface area contributed by atoms with E-state index in [-0.39, 0.29) is 11.4 Å². The quantitative estimate of drug-likeness (QED) is 0.752. The fourth-order valence-corrected chi connectivity index (χ4v) is 3.96. The van der Waals surface area contributed by atoms with Crippen molar-refractivity contribution in [2.75, 3.05) is 11.1 Å². The maximum atomic E-state index is 12.2. The first kappa shape index (κ1) is 18.5. The van der Waals surface area contributed by atoms with E-state index in [2.05, 4.69) is 17.2 Å². The standard InChI is InChI=1S/C20H20ClN3OS/c1-20(11-12-26-19(22)24-20)15-6-4-7-16(13-15)23-18(25)10-9-14-5-2-3-8-17(14)21/h2-10,13H,11-12H2,1H3,(H2,22,24)(H,23,25)/b10-9+. The second-order valence-electron chi connectivity index (χ2n) is 6.25. The van der Waals surface area contributed by atoms with E-state index in [0.717, 1.165) is 29.0 Å². The molecule has 0 aromatic heterocycles. The maximum absolute atomic E-state index is 12.2. The van der Waals surface area contributed by atoms with Crippen molar-refractivity contribution in [3.63, 3.8) is 0 Å². The molecule has 0 fully saturated rings. The van der Waals surface area contributed by atoms with Crippen LogP contribution in [0.25, 0.3) is 6.08 Å². The molecule has 4 nitrogen and oxygen atoms in total. The average molecular weight is 386 g/mol. The largest absolute Gasteiger partial charge is 0.379 e. The molecular weight excluding hydrogens is 366 g/mol. The van der Waals surface area contributed by atoms with Crippen molar-refractivity contribution in [1.82, 2.24) is 0 Å². The van der Waals surface area contributed by atoms with Crippen molar-refractivity contribution in [1.29, 1.82) is 0 Å². The van der Waals surface area contributed by atoms with Gasteiger partial charge in [-0.05, 0) is 48.7 Å². The predicted octanol–water partition coefficient (Wildman–Crippen LogP) is 4.66. The van der Waals surface area contributed by atoms with E-state index in [0.29, 0.717) is 10.2 Å². The van der Waals surface area contributed by atoms with Gasteiger partial charge in [0.1, 0.15) is 0 Å². The van der Waals surface area contributed by atoms with Crippen molar-refractivity contribution in [2.45, 2.75) is 18.9 Å². The Morgan fingerprint density at radius 2 is 2.12 bits per heavy atom. The third-order valence-electron chi connectivity index (χ3n) is 4.27. The van der Waals surface area contributed by atoms with E-state index >= 15 is 0 Å². The summed E-state index contributed by atoms with van der Waals surface area (Å²) >= 11 is 7.67. The van der Waals surface area contributed by atoms with Gasteiger partial charge < -0.3 is 11.1 Å². The zero-order valence-corrected chi connectivity index (χ0v) is 16.0. The summed E-state index contributed by atoms with van der Waals surface area (Å²) < 4.78 is 0. The lowest BCUT2D eigenvalue weighted by Gasteiger charge is -2.30. The highest BCUT2D eigenvalue weighted by Gasteiger charge is 2.29. The lowest BCUT2D eigenvalue weighted by molar-refractivity contribution is -0.111. The first-order chi connectivity index (χ1) is 12.5. The van der Waals surface area contributed by atoms with Crippen molar-refractivity contribution >= 4 is 46.2 Å². The topological polar surface area (TPSA) is 67.5 Å². The summed E-state index contributed by atoms with van der Waals surface area (Å²) in [6.45, 7) is 2.07. The van der Waals surface area contributed by atoms with Crippen molar-refractivity contribution in [3.05, 3.63) is 70.8 Å². The number of nitrogens with one attached hydrogen (secondary N) is 1. The molecule has 134 valence electrons. The highest BCUT2D eigenvalue weighted by atomic mass is 35.5. The Labute approximate surface area is 162 Å². The molecule has 1 unspecified atom stereocenters. The number of hydrogen-bond donors (Lipinski definition) is 2. The number of amidine groups is 1. The molecule has 26 heavy (non-hydrogen) atoms. The van der Waals surface area contributed by atoms with Crippen LogP contribution >= 0.6 is 23.4 Å². The number of carbonyl (C=O) groups is 1. The predicted molar refractivity (Wildman–Crippen MR) is 112 cm³/mol. The van der Waals surface area contributed by atoms with Gasteiger partial charge in [0.15, 0.2) is 5.17 Å². The summed E-state index contributed by atoms with van der Waals surface area (Å²) in [4.78, 5) is 16.8. The van der Waals surface area contributed by atoms with Crippen LogP contribution < -0.4 is 11.1 Å². The summed E-state index contributed by atoms with van der Waals surface area (Å²) in [5.41, 5.74) is 8.10. The number of benzene rings is 2. The summed E-state index contributed by atoms with van der Waals surface area (Å²) in [5.74, 6) is 0.720. The van der Waals surface area contributed by atoms with Crippen LogP contribution in [0.1, 0.15) is 24.5 Å². The van der Waals surface area contributed by atoms with Gasteiger partial charge in [0, 0.05) is 22.5 Å². The maximum Gasteiger partial charge on any atom is 0.248 e. The second-order valence-corrected chi connectivity index (χ2v) is 7.77. The number of nitrogens with two attached hydrogens (primary N) is 1. The number of aliphatic imine (C=N–C) groups is 1. The summed E-state index contributed by atoms with van der Waals surface area (Å²) in [7, 11) is 0. The zero-order chi connectivity index (χ0) is 18.6. The first-order valence-corrected chi connectivity index (χ1v) is 9.65. The summed E-state index contributed by atoms with van der Waals surface area (Å²) in [6.07, 6.45) is 4.08. The molecule has 3 N–H and O–H groups in total. The molecular formula is C20H20ClN3OS. The molecule has 1 heterocycles. The zero-order valence-electron chi connectivity index (χ0n) is 14.4. The minimum Gasteiger partial charge on any atom is -0.379 e. The van der Waals surface area contributed by atoms with Gasteiger partial charge in [-0.25, -0.2) is 0 Å². The molecule has 0 aliphatic carbocycles. The molecule has 6 heteroatoms. The second kappa shape index (κ2) is 7.98. The van der Waals surface area contributed by atoms with Gasteiger partial charge in [-0.1, -0.05) is 53.7 Å². The van der Waals surface area contributed by atoms with Gasteiger partial charge in [-0.3, -0.25) is 9.79 Å². The van der Waals surface area contributed by atoms with Crippen LogP contribution in [0, 0.1) is 0 Å². The van der Waals surface area contributed by atoms with E-state index in [1.165, 1.54) is 6.08 Å². The molecule has 2 aromatic rings. The molecule has 1 aliphatic rings. The van der Waals surface area contributed by atoms with Crippen LogP contribution in [0.4, 0.5) is 5.69 Å². The normalized spacial score (nSPS) is 20.0. The summed E-state index contributed by atoms with van der Waals surface area (Å²) in [5, 5.41) is 4.10. The lowest BCUT2D eigenvalue weighted by atomic mass is 9.89. The first-order valence-electron chi connectivity index (χ1n) is 8.28. The van der Waals surface area contributed by atoms with Gasteiger partial charge in [0.25, 0.3) is 0 Å². The Balaban J connectivity index is 1.74. The molecule has 0 bridgehead atoms. The van der Waals surface area contributed by atoms with E-state index in [1.807, 2.05) is 42.5 Å². The number of nitrogens with zero attached hydrogens (tertiary/aromatic N) is 1. The van der Waals surface area contributed by atoms with Gasteiger partial charge >= 0.3 is 0 Å². The Kier molecular flexibility index (Phi) is 5.69. The Bertz CT molecular complexity index is 881. The number of hydrogen-bond acceptors (Lipinski definition) is 4. The molecule has 0 saturated carbocycles. The average Bonchev–Trinajstić information content (AvgIpc) is 2.61. The van der Waals surface area contributed by atoms with Crippen molar-refractivity contribution in [2.24, 2.45) is 10.7 Å². The highest BCUT2D eigenvalue weighted by Crippen LogP contribution is 2.35. The van der Waals surface area contributed by atoms with Crippen LogP contribution in [0.2, 0.25) is 5.02 Å². The van der Waals surface area contributed by atoms with Crippen LogP contribution in [0.5, 0.6) is 0 Å².